The first kappa shape index (κ1) is 16.9. The van der Waals surface area contributed by atoms with Crippen LogP contribution >= 0.6 is 0 Å². The summed E-state index contributed by atoms with van der Waals surface area (Å²) >= 11 is 0. The molecule has 1 aromatic carbocycles. The van der Waals surface area contributed by atoms with Gasteiger partial charge >= 0.3 is 0 Å². The molecule has 0 aliphatic rings. The number of benzene rings is 1. The Bertz CT molecular complexity index is 463. The molecule has 1 atom stereocenters. The molecule has 0 saturated heterocycles. The van der Waals surface area contributed by atoms with Crippen LogP contribution in [0.4, 0.5) is 5.69 Å². The molecule has 0 aliphatic heterocycles. The highest BCUT2D eigenvalue weighted by molar-refractivity contribution is 5.80. The van der Waals surface area contributed by atoms with Crippen LogP contribution in [-0.2, 0) is 0 Å². The molecule has 0 spiro atoms. The van der Waals surface area contributed by atoms with E-state index in [1.54, 1.807) is 0 Å². The molecule has 0 heterocycles. The van der Waals surface area contributed by atoms with Crippen molar-refractivity contribution >= 4 is 11.5 Å². The Hall–Kier alpha value is -2.11. The Morgan fingerprint density at radius 3 is 2.48 bits per heavy atom. The van der Waals surface area contributed by atoms with Crippen molar-refractivity contribution in [3.63, 3.8) is 0 Å². The van der Waals surface area contributed by atoms with Gasteiger partial charge in [0.05, 0.1) is 13.2 Å². The zero-order chi connectivity index (χ0) is 15.7. The maximum atomic E-state index is 8.65. The van der Waals surface area contributed by atoms with Gasteiger partial charge in [-0.15, -0.1) is 0 Å². The van der Waals surface area contributed by atoms with Crippen LogP contribution in [0.5, 0.6) is 11.5 Å². The van der Waals surface area contributed by atoms with Crippen molar-refractivity contribution in [1.82, 2.24) is 0 Å². The Morgan fingerprint density at radius 1 is 1.24 bits per heavy atom. The smallest absolute Gasteiger partial charge is 0.163 e. The van der Waals surface area contributed by atoms with E-state index in [0.29, 0.717) is 25.4 Å². The third-order valence-corrected chi connectivity index (χ3v) is 2.99. The second-order valence-electron chi connectivity index (χ2n) is 4.57. The summed E-state index contributed by atoms with van der Waals surface area (Å²) in [6, 6.07) is 5.81. The van der Waals surface area contributed by atoms with E-state index in [9.17, 15) is 0 Å². The van der Waals surface area contributed by atoms with Crippen molar-refractivity contribution in [2.24, 2.45) is 10.9 Å². The van der Waals surface area contributed by atoms with E-state index in [1.165, 1.54) is 0 Å². The molecule has 0 fully saturated rings. The lowest BCUT2D eigenvalue weighted by Gasteiger charge is -2.19. The van der Waals surface area contributed by atoms with Gasteiger partial charge in [-0.05, 0) is 32.4 Å². The molecule has 1 rings (SSSR count). The number of oxime groups is 1. The van der Waals surface area contributed by atoms with Gasteiger partial charge in [0.2, 0.25) is 0 Å². The van der Waals surface area contributed by atoms with Crippen LogP contribution in [0.25, 0.3) is 0 Å². The highest BCUT2D eigenvalue weighted by Gasteiger charge is 2.11. The van der Waals surface area contributed by atoms with E-state index in [0.717, 1.165) is 17.9 Å². The molecule has 0 aliphatic carbocycles. The molecule has 1 unspecified atom stereocenters. The van der Waals surface area contributed by atoms with Crippen LogP contribution in [-0.4, -0.2) is 30.3 Å². The highest BCUT2D eigenvalue weighted by atomic mass is 16.5. The quantitative estimate of drug-likeness (QED) is 0.282. The number of amidine groups is 1. The standard InChI is InChI=1S/C15H25N3O3/c1-4-11(10-15(16)18-19)17-12-7-8-13(20-5-2)14(9-12)21-6-3/h7-9,11,17,19H,4-6,10H2,1-3H3,(H2,16,18). The van der Waals surface area contributed by atoms with Gasteiger partial charge < -0.3 is 25.7 Å². The average molecular weight is 295 g/mol. The summed E-state index contributed by atoms with van der Waals surface area (Å²) < 4.78 is 11.1. The summed E-state index contributed by atoms with van der Waals surface area (Å²) in [6.45, 7) is 7.08. The molecule has 4 N–H and O–H groups in total. The minimum atomic E-state index is 0.0910. The lowest BCUT2D eigenvalue weighted by atomic mass is 10.1. The summed E-state index contributed by atoms with van der Waals surface area (Å²) in [7, 11) is 0. The molecule has 0 saturated carbocycles. The Morgan fingerprint density at radius 2 is 1.90 bits per heavy atom. The number of hydrogen-bond donors (Lipinski definition) is 3. The molecule has 0 amide bonds. The van der Waals surface area contributed by atoms with Crippen LogP contribution in [0.3, 0.4) is 0 Å². The Labute approximate surface area is 125 Å². The van der Waals surface area contributed by atoms with Crippen LogP contribution in [0, 0.1) is 0 Å². The van der Waals surface area contributed by atoms with Crippen LogP contribution in [0.1, 0.15) is 33.6 Å². The zero-order valence-electron chi connectivity index (χ0n) is 12.9. The van der Waals surface area contributed by atoms with Crippen molar-refractivity contribution in [2.45, 2.75) is 39.7 Å². The third-order valence-electron chi connectivity index (χ3n) is 2.99. The number of rotatable bonds is 9. The molecule has 0 aromatic heterocycles. The minimum absolute atomic E-state index is 0.0910. The van der Waals surface area contributed by atoms with Gasteiger partial charge in [0.1, 0.15) is 5.84 Å². The molecule has 0 bridgehead atoms. The van der Waals surface area contributed by atoms with E-state index in [-0.39, 0.29) is 11.9 Å². The van der Waals surface area contributed by atoms with Crippen molar-refractivity contribution < 1.29 is 14.7 Å². The summed E-state index contributed by atoms with van der Waals surface area (Å²) in [5, 5.41) is 15.0. The second kappa shape index (κ2) is 8.94. The summed E-state index contributed by atoms with van der Waals surface area (Å²) in [6.07, 6.45) is 1.33. The highest BCUT2D eigenvalue weighted by Crippen LogP contribution is 2.31. The van der Waals surface area contributed by atoms with Crippen molar-refractivity contribution in [2.75, 3.05) is 18.5 Å². The monoisotopic (exact) mass is 295 g/mol. The maximum absolute atomic E-state index is 8.65. The first-order valence-corrected chi connectivity index (χ1v) is 7.27. The number of nitrogens with one attached hydrogen (secondary N) is 1. The third kappa shape index (κ3) is 5.41. The topological polar surface area (TPSA) is 89.1 Å². The Kier molecular flexibility index (Phi) is 7.21. The normalized spacial score (nSPS) is 12.8. The fourth-order valence-electron chi connectivity index (χ4n) is 1.97. The van der Waals surface area contributed by atoms with E-state index in [4.69, 9.17) is 20.4 Å². The molecular weight excluding hydrogens is 270 g/mol. The van der Waals surface area contributed by atoms with Crippen LogP contribution in [0.15, 0.2) is 23.4 Å². The average Bonchev–Trinajstić information content (AvgIpc) is 2.49. The summed E-state index contributed by atoms with van der Waals surface area (Å²) in [5.74, 6) is 1.66. The largest absolute Gasteiger partial charge is 0.490 e. The van der Waals surface area contributed by atoms with Gasteiger partial charge in [-0.3, -0.25) is 0 Å². The molecule has 21 heavy (non-hydrogen) atoms. The first-order chi connectivity index (χ1) is 10.1. The number of ether oxygens (including phenoxy) is 2. The van der Waals surface area contributed by atoms with Crippen molar-refractivity contribution in [3.8, 4) is 11.5 Å². The number of nitrogens with two attached hydrogens (primary N) is 1. The van der Waals surface area contributed by atoms with E-state index >= 15 is 0 Å². The van der Waals surface area contributed by atoms with Gasteiger partial charge in [-0.1, -0.05) is 12.1 Å². The van der Waals surface area contributed by atoms with Gasteiger partial charge in [0.15, 0.2) is 11.5 Å². The van der Waals surface area contributed by atoms with E-state index in [2.05, 4.69) is 10.5 Å². The zero-order valence-corrected chi connectivity index (χ0v) is 12.9. The predicted molar refractivity (Wildman–Crippen MR) is 84.5 cm³/mol. The lowest BCUT2D eigenvalue weighted by Crippen LogP contribution is -2.26. The number of anilines is 1. The molecule has 1 aromatic rings. The van der Waals surface area contributed by atoms with Crippen molar-refractivity contribution in [1.29, 1.82) is 0 Å². The fraction of sp³-hybridized carbons (Fsp3) is 0.533. The molecule has 118 valence electrons. The van der Waals surface area contributed by atoms with Gasteiger partial charge in [0.25, 0.3) is 0 Å². The number of hydrogen-bond acceptors (Lipinski definition) is 5. The number of nitrogens with zero attached hydrogens (tertiary/aromatic N) is 1. The van der Waals surface area contributed by atoms with E-state index < -0.39 is 0 Å². The van der Waals surface area contributed by atoms with Crippen LogP contribution < -0.4 is 20.5 Å². The van der Waals surface area contributed by atoms with Gasteiger partial charge in [0, 0.05) is 24.2 Å². The molecule has 0 radical (unpaired) electrons. The first-order valence-electron chi connectivity index (χ1n) is 7.27. The van der Waals surface area contributed by atoms with Gasteiger partial charge in [-0.25, -0.2) is 0 Å². The van der Waals surface area contributed by atoms with Crippen LogP contribution in [0.2, 0.25) is 0 Å². The SMILES string of the molecule is CCOc1ccc(NC(CC)CC(N)=NO)cc1OCC. The van der Waals surface area contributed by atoms with E-state index in [1.807, 2.05) is 39.0 Å². The molecule has 6 nitrogen and oxygen atoms in total. The molecule has 6 heteroatoms. The maximum Gasteiger partial charge on any atom is 0.163 e. The minimum Gasteiger partial charge on any atom is -0.490 e. The Balaban J connectivity index is 2.84. The van der Waals surface area contributed by atoms with Gasteiger partial charge in [-0.2, -0.15) is 0 Å². The summed E-state index contributed by atoms with van der Waals surface area (Å²) in [4.78, 5) is 0. The molecular formula is C15H25N3O3. The predicted octanol–water partition coefficient (Wildman–Crippen LogP) is 2.81. The van der Waals surface area contributed by atoms with Crippen molar-refractivity contribution in [3.05, 3.63) is 18.2 Å². The second-order valence-corrected chi connectivity index (χ2v) is 4.57. The lowest BCUT2D eigenvalue weighted by molar-refractivity contribution is 0.288. The summed E-state index contributed by atoms with van der Waals surface area (Å²) in [5.41, 5.74) is 6.48. The fourth-order valence-corrected chi connectivity index (χ4v) is 1.97.